The van der Waals surface area contributed by atoms with Gasteiger partial charge in [0, 0.05) is 0 Å². The maximum atomic E-state index is 9.39. The average Bonchev–Trinajstić information content (AvgIpc) is 2.40. The molecule has 0 saturated heterocycles. The number of aliphatic hydroxyl groups excluding tert-OH is 1. The molecule has 2 aromatic carbocycles. The zero-order valence-electron chi connectivity index (χ0n) is 10.00. The molecule has 3 nitrogen and oxygen atoms in total. The summed E-state index contributed by atoms with van der Waals surface area (Å²) in [7, 11) is 0. The second kappa shape index (κ2) is 5.35. The lowest BCUT2D eigenvalue weighted by molar-refractivity contribution is 0.199. The number of rotatable bonds is 3. The van der Waals surface area contributed by atoms with Crippen LogP contribution in [-0.2, 0) is 0 Å². The van der Waals surface area contributed by atoms with Crippen molar-refractivity contribution in [3.63, 3.8) is 0 Å². The van der Waals surface area contributed by atoms with Gasteiger partial charge in [-0.25, -0.2) is 0 Å². The Balaban J connectivity index is 2.11. The van der Waals surface area contributed by atoms with E-state index in [1.807, 2.05) is 12.1 Å². The van der Waals surface area contributed by atoms with Gasteiger partial charge in [-0.2, -0.15) is 5.26 Å². The SMILES string of the molecule is C[C@@H](O)c1ccc(Oc2ccc(C#N)cc2)cc1. The van der Waals surface area contributed by atoms with E-state index in [2.05, 4.69) is 6.07 Å². The van der Waals surface area contributed by atoms with Gasteiger partial charge in [-0.05, 0) is 48.9 Å². The van der Waals surface area contributed by atoms with Gasteiger partial charge >= 0.3 is 0 Å². The van der Waals surface area contributed by atoms with Crippen molar-refractivity contribution in [2.45, 2.75) is 13.0 Å². The highest BCUT2D eigenvalue weighted by atomic mass is 16.5. The van der Waals surface area contributed by atoms with Crippen LogP contribution in [0.3, 0.4) is 0 Å². The van der Waals surface area contributed by atoms with E-state index in [0.717, 1.165) is 5.56 Å². The van der Waals surface area contributed by atoms with E-state index in [1.54, 1.807) is 43.3 Å². The van der Waals surface area contributed by atoms with Gasteiger partial charge in [-0.1, -0.05) is 12.1 Å². The Morgan fingerprint density at radius 3 is 1.94 bits per heavy atom. The first-order chi connectivity index (χ1) is 8.69. The monoisotopic (exact) mass is 239 g/mol. The van der Waals surface area contributed by atoms with E-state index < -0.39 is 6.10 Å². The Kier molecular flexibility index (Phi) is 3.61. The van der Waals surface area contributed by atoms with Crippen molar-refractivity contribution in [3.05, 3.63) is 59.7 Å². The normalized spacial score (nSPS) is 11.6. The smallest absolute Gasteiger partial charge is 0.127 e. The van der Waals surface area contributed by atoms with Crippen LogP contribution >= 0.6 is 0 Å². The van der Waals surface area contributed by atoms with Crippen LogP contribution in [0.4, 0.5) is 0 Å². The van der Waals surface area contributed by atoms with Crippen LogP contribution in [-0.4, -0.2) is 5.11 Å². The molecular formula is C15H13NO2. The summed E-state index contributed by atoms with van der Waals surface area (Å²) < 4.78 is 5.62. The molecule has 0 fully saturated rings. The third kappa shape index (κ3) is 2.88. The standard InChI is InChI=1S/C15H13NO2/c1-11(17)13-4-8-15(9-5-13)18-14-6-2-12(10-16)3-7-14/h2-9,11,17H,1H3/t11-/m1/s1. The molecule has 2 rings (SSSR count). The summed E-state index contributed by atoms with van der Waals surface area (Å²) in [5.41, 5.74) is 1.45. The highest BCUT2D eigenvalue weighted by Gasteiger charge is 2.01. The van der Waals surface area contributed by atoms with E-state index in [4.69, 9.17) is 10.00 Å². The van der Waals surface area contributed by atoms with Crippen LogP contribution < -0.4 is 4.74 Å². The second-order valence-electron chi connectivity index (χ2n) is 3.98. The molecule has 0 amide bonds. The van der Waals surface area contributed by atoms with Crippen LogP contribution in [0, 0.1) is 11.3 Å². The van der Waals surface area contributed by atoms with Crippen molar-refractivity contribution in [2.24, 2.45) is 0 Å². The molecule has 0 heterocycles. The van der Waals surface area contributed by atoms with Crippen molar-refractivity contribution < 1.29 is 9.84 Å². The fourth-order valence-corrected chi connectivity index (χ4v) is 1.55. The molecule has 90 valence electrons. The lowest BCUT2D eigenvalue weighted by Crippen LogP contribution is -1.90. The Morgan fingerprint density at radius 2 is 1.50 bits per heavy atom. The molecule has 0 aliphatic rings. The molecule has 0 aromatic heterocycles. The number of nitrogens with zero attached hydrogens (tertiary/aromatic N) is 1. The average molecular weight is 239 g/mol. The van der Waals surface area contributed by atoms with Crippen molar-refractivity contribution >= 4 is 0 Å². The summed E-state index contributed by atoms with van der Waals surface area (Å²) >= 11 is 0. The third-order valence-corrected chi connectivity index (χ3v) is 2.58. The van der Waals surface area contributed by atoms with E-state index in [-0.39, 0.29) is 0 Å². The van der Waals surface area contributed by atoms with Crippen LogP contribution in [0.5, 0.6) is 11.5 Å². The molecule has 1 N–H and O–H groups in total. The summed E-state index contributed by atoms with van der Waals surface area (Å²) in [6.07, 6.45) is -0.478. The largest absolute Gasteiger partial charge is 0.457 e. The highest BCUT2D eigenvalue weighted by molar-refractivity contribution is 5.38. The molecule has 0 aliphatic heterocycles. The topological polar surface area (TPSA) is 53.2 Å². The summed E-state index contributed by atoms with van der Waals surface area (Å²) in [6.45, 7) is 1.72. The van der Waals surface area contributed by atoms with Gasteiger partial charge in [0.25, 0.3) is 0 Å². The summed E-state index contributed by atoms with van der Waals surface area (Å²) in [4.78, 5) is 0. The minimum atomic E-state index is -0.478. The molecule has 3 heteroatoms. The number of aliphatic hydroxyl groups is 1. The molecule has 18 heavy (non-hydrogen) atoms. The van der Waals surface area contributed by atoms with E-state index in [9.17, 15) is 5.11 Å². The van der Waals surface area contributed by atoms with Crippen molar-refractivity contribution in [1.82, 2.24) is 0 Å². The Hall–Kier alpha value is -2.31. The first-order valence-electron chi connectivity index (χ1n) is 5.65. The van der Waals surface area contributed by atoms with Crippen LogP contribution in [0.25, 0.3) is 0 Å². The maximum absolute atomic E-state index is 9.39. The minimum absolute atomic E-state index is 0.478. The van der Waals surface area contributed by atoms with Crippen molar-refractivity contribution in [3.8, 4) is 17.6 Å². The number of hydrogen-bond acceptors (Lipinski definition) is 3. The molecule has 0 spiro atoms. The Bertz CT molecular complexity index is 551. The molecule has 0 aliphatic carbocycles. The van der Waals surface area contributed by atoms with E-state index in [0.29, 0.717) is 17.1 Å². The molecule has 0 saturated carbocycles. The first-order valence-corrected chi connectivity index (χ1v) is 5.65. The lowest BCUT2D eigenvalue weighted by Gasteiger charge is -2.08. The first kappa shape index (κ1) is 12.2. The predicted octanol–water partition coefficient (Wildman–Crippen LogP) is 3.40. The summed E-state index contributed by atoms with van der Waals surface area (Å²) in [6, 6.07) is 16.2. The van der Waals surface area contributed by atoms with Gasteiger partial charge < -0.3 is 9.84 Å². The quantitative estimate of drug-likeness (QED) is 0.893. The molecule has 1 atom stereocenters. The van der Waals surface area contributed by atoms with Crippen molar-refractivity contribution in [1.29, 1.82) is 5.26 Å². The molecule has 0 radical (unpaired) electrons. The van der Waals surface area contributed by atoms with Crippen LogP contribution in [0.15, 0.2) is 48.5 Å². The van der Waals surface area contributed by atoms with Gasteiger partial charge in [-0.15, -0.1) is 0 Å². The van der Waals surface area contributed by atoms with Crippen molar-refractivity contribution in [2.75, 3.05) is 0 Å². The van der Waals surface area contributed by atoms with Gasteiger partial charge in [0.15, 0.2) is 0 Å². The van der Waals surface area contributed by atoms with E-state index in [1.165, 1.54) is 0 Å². The fourth-order valence-electron chi connectivity index (χ4n) is 1.55. The fraction of sp³-hybridized carbons (Fsp3) is 0.133. The zero-order chi connectivity index (χ0) is 13.0. The van der Waals surface area contributed by atoms with Crippen LogP contribution in [0.2, 0.25) is 0 Å². The Labute approximate surface area is 106 Å². The van der Waals surface area contributed by atoms with E-state index >= 15 is 0 Å². The molecule has 0 unspecified atom stereocenters. The molecule has 0 bridgehead atoms. The number of hydrogen-bond donors (Lipinski definition) is 1. The van der Waals surface area contributed by atoms with Crippen LogP contribution in [0.1, 0.15) is 24.2 Å². The molecular weight excluding hydrogens is 226 g/mol. The zero-order valence-corrected chi connectivity index (χ0v) is 10.00. The number of ether oxygens (including phenoxy) is 1. The van der Waals surface area contributed by atoms with Gasteiger partial charge in [0.1, 0.15) is 11.5 Å². The lowest BCUT2D eigenvalue weighted by atomic mass is 10.1. The van der Waals surface area contributed by atoms with Gasteiger partial charge in [-0.3, -0.25) is 0 Å². The second-order valence-corrected chi connectivity index (χ2v) is 3.98. The van der Waals surface area contributed by atoms with Gasteiger partial charge in [0.2, 0.25) is 0 Å². The van der Waals surface area contributed by atoms with Gasteiger partial charge in [0.05, 0.1) is 17.7 Å². The Morgan fingerprint density at radius 1 is 1.00 bits per heavy atom. The summed E-state index contributed by atoms with van der Waals surface area (Å²) in [5.74, 6) is 1.38. The summed E-state index contributed by atoms with van der Waals surface area (Å²) in [5, 5.41) is 18.1. The highest BCUT2D eigenvalue weighted by Crippen LogP contribution is 2.23. The minimum Gasteiger partial charge on any atom is -0.457 e. The molecule has 2 aromatic rings. The number of nitriles is 1. The predicted molar refractivity (Wildman–Crippen MR) is 68.3 cm³/mol. The number of benzene rings is 2. The maximum Gasteiger partial charge on any atom is 0.127 e. The third-order valence-electron chi connectivity index (χ3n) is 2.58.